The van der Waals surface area contributed by atoms with Crippen LogP contribution in [-0.4, -0.2) is 61.4 Å². The fourth-order valence-corrected chi connectivity index (χ4v) is 5.16. The van der Waals surface area contributed by atoms with Crippen LogP contribution in [0.5, 0.6) is 23.1 Å². The third kappa shape index (κ3) is 3.99. The van der Waals surface area contributed by atoms with E-state index in [1.54, 1.807) is 7.11 Å². The van der Waals surface area contributed by atoms with Crippen LogP contribution in [0.1, 0.15) is 24.5 Å². The summed E-state index contributed by atoms with van der Waals surface area (Å²) in [6.45, 7) is 7.94. The van der Waals surface area contributed by atoms with Gasteiger partial charge in [-0.05, 0) is 49.1 Å². The number of nitrogens with zero attached hydrogens (tertiary/aromatic N) is 3. The fourth-order valence-electron chi connectivity index (χ4n) is 5.16. The van der Waals surface area contributed by atoms with Crippen molar-refractivity contribution in [1.82, 2.24) is 14.9 Å². The summed E-state index contributed by atoms with van der Waals surface area (Å²) in [6.07, 6.45) is 5.69. The van der Waals surface area contributed by atoms with Crippen LogP contribution in [0, 0.1) is 5.41 Å². The smallest absolute Gasteiger partial charge is 0.230 e. The Kier molecular flexibility index (Phi) is 5.38. The number of fused-ring (bicyclic) bond motifs is 2. The van der Waals surface area contributed by atoms with Gasteiger partial charge in [-0.3, -0.25) is 0 Å². The van der Waals surface area contributed by atoms with E-state index in [0.29, 0.717) is 29.4 Å². The molecule has 0 unspecified atom stereocenters. The Labute approximate surface area is 199 Å². The van der Waals surface area contributed by atoms with Gasteiger partial charge in [-0.1, -0.05) is 17.7 Å². The fraction of sp³-hybridized carbons (Fsp3) is 0.407. The Bertz CT molecular complexity index is 1260. The molecule has 34 heavy (non-hydrogen) atoms. The lowest BCUT2D eigenvalue weighted by molar-refractivity contribution is -0.189. The zero-order valence-electron chi connectivity index (χ0n) is 19.7. The standard InChI is InChI=1S/C27H29N3O4/c1-18-8-19-4-5-21(10-20(19)9-18)34-26-22-11-24(31-2)25(12-23(22)28-17-29-26)33-7-3-6-30-13-27(14-30)15-32-16-27/h4-5,9-12,17H,3,6-8,13-16H2,1-2H3. The summed E-state index contributed by atoms with van der Waals surface area (Å²) in [7, 11) is 1.65. The first kappa shape index (κ1) is 21.4. The summed E-state index contributed by atoms with van der Waals surface area (Å²) in [4.78, 5) is 11.3. The maximum atomic E-state index is 6.17. The third-order valence-corrected chi connectivity index (χ3v) is 6.90. The van der Waals surface area contributed by atoms with E-state index in [2.05, 4.69) is 40.0 Å². The Morgan fingerprint density at radius 2 is 1.97 bits per heavy atom. The largest absolute Gasteiger partial charge is 0.493 e. The van der Waals surface area contributed by atoms with Crippen molar-refractivity contribution in [3.05, 3.63) is 53.4 Å². The highest BCUT2D eigenvalue weighted by molar-refractivity contribution is 5.87. The second-order valence-corrected chi connectivity index (χ2v) is 9.73. The molecule has 3 heterocycles. The number of hydrogen-bond donors (Lipinski definition) is 0. The molecule has 0 radical (unpaired) electrons. The second kappa shape index (κ2) is 8.56. The molecule has 2 aliphatic heterocycles. The summed E-state index contributed by atoms with van der Waals surface area (Å²) in [5.74, 6) is 2.59. The first-order valence-corrected chi connectivity index (χ1v) is 11.8. The van der Waals surface area contributed by atoms with Gasteiger partial charge >= 0.3 is 0 Å². The number of allylic oxidation sites excluding steroid dienone is 1. The van der Waals surface area contributed by atoms with Crippen molar-refractivity contribution in [2.45, 2.75) is 19.8 Å². The van der Waals surface area contributed by atoms with Crippen LogP contribution in [0.25, 0.3) is 17.0 Å². The van der Waals surface area contributed by atoms with Gasteiger partial charge in [0.2, 0.25) is 5.88 Å². The molecule has 3 aliphatic rings. The predicted molar refractivity (Wildman–Crippen MR) is 130 cm³/mol. The highest BCUT2D eigenvalue weighted by Crippen LogP contribution is 2.38. The van der Waals surface area contributed by atoms with Gasteiger partial charge in [0.1, 0.15) is 12.1 Å². The molecule has 176 valence electrons. The molecule has 1 aromatic heterocycles. The van der Waals surface area contributed by atoms with E-state index in [0.717, 1.165) is 62.3 Å². The lowest BCUT2D eigenvalue weighted by atomic mass is 9.78. The summed E-state index contributed by atoms with van der Waals surface area (Å²) < 4.78 is 23.2. The van der Waals surface area contributed by atoms with Gasteiger partial charge in [-0.25, -0.2) is 9.97 Å². The monoisotopic (exact) mass is 459 g/mol. The number of rotatable bonds is 8. The van der Waals surface area contributed by atoms with Crippen molar-refractivity contribution in [2.24, 2.45) is 5.41 Å². The van der Waals surface area contributed by atoms with Crippen molar-refractivity contribution in [1.29, 1.82) is 0 Å². The Morgan fingerprint density at radius 1 is 1.09 bits per heavy atom. The van der Waals surface area contributed by atoms with Gasteiger partial charge in [0, 0.05) is 31.1 Å². The van der Waals surface area contributed by atoms with E-state index in [4.69, 9.17) is 18.9 Å². The maximum Gasteiger partial charge on any atom is 0.230 e. The predicted octanol–water partition coefficient (Wildman–Crippen LogP) is 4.49. The van der Waals surface area contributed by atoms with Gasteiger partial charge in [-0.15, -0.1) is 0 Å². The number of aromatic nitrogens is 2. The van der Waals surface area contributed by atoms with Gasteiger partial charge in [-0.2, -0.15) is 0 Å². The molecule has 1 spiro atoms. The molecule has 0 saturated carbocycles. The average molecular weight is 460 g/mol. The normalized spacial score (nSPS) is 18.2. The molecule has 2 fully saturated rings. The van der Waals surface area contributed by atoms with Crippen LogP contribution in [0.3, 0.4) is 0 Å². The van der Waals surface area contributed by atoms with Crippen LogP contribution >= 0.6 is 0 Å². The molecule has 1 aliphatic carbocycles. The van der Waals surface area contributed by atoms with Crippen LogP contribution < -0.4 is 14.2 Å². The number of likely N-dealkylation sites (tertiary alicyclic amines) is 1. The molecule has 7 heteroatoms. The van der Waals surface area contributed by atoms with Crippen LogP contribution in [0.2, 0.25) is 0 Å². The highest BCUT2D eigenvalue weighted by atomic mass is 16.5. The first-order chi connectivity index (χ1) is 16.6. The molecule has 0 amide bonds. The number of ether oxygens (including phenoxy) is 4. The SMILES string of the molecule is COc1cc2c(Oc3ccc4c(c3)C=C(C)C4)ncnc2cc1OCCCN1CC2(COC2)C1. The van der Waals surface area contributed by atoms with E-state index in [1.165, 1.54) is 23.0 Å². The minimum atomic E-state index is 0.456. The third-order valence-electron chi connectivity index (χ3n) is 6.90. The molecule has 2 saturated heterocycles. The molecule has 2 aromatic carbocycles. The average Bonchev–Trinajstić information content (AvgIpc) is 3.15. The molecule has 6 rings (SSSR count). The van der Waals surface area contributed by atoms with Crippen molar-refractivity contribution in [3.8, 4) is 23.1 Å². The molecular weight excluding hydrogens is 430 g/mol. The van der Waals surface area contributed by atoms with Crippen LogP contribution in [-0.2, 0) is 11.2 Å². The van der Waals surface area contributed by atoms with Crippen LogP contribution in [0.15, 0.2) is 42.2 Å². The number of hydrogen-bond acceptors (Lipinski definition) is 7. The number of methoxy groups -OCH3 is 1. The minimum Gasteiger partial charge on any atom is -0.493 e. The highest BCUT2D eigenvalue weighted by Gasteiger charge is 2.48. The van der Waals surface area contributed by atoms with Crippen molar-refractivity contribution < 1.29 is 18.9 Å². The molecule has 0 atom stereocenters. The van der Waals surface area contributed by atoms with E-state index < -0.39 is 0 Å². The van der Waals surface area contributed by atoms with Crippen molar-refractivity contribution in [3.63, 3.8) is 0 Å². The Hall–Kier alpha value is -3.16. The lowest BCUT2D eigenvalue weighted by Gasteiger charge is -2.55. The quantitative estimate of drug-likeness (QED) is 0.460. The zero-order valence-corrected chi connectivity index (χ0v) is 19.7. The molecule has 3 aromatic rings. The lowest BCUT2D eigenvalue weighted by Crippen LogP contribution is -2.65. The Balaban J connectivity index is 1.14. The van der Waals surface area contributed by atoms with E-state index in [9.17, 15) is 0 Å². The Morgan fingerprint density at radius 3 is 2.76 bits per heavy atom. The van der Waals surface area contributed by atoms with Gasteiger partial charge in [0.25, 0.3) is 0 Å². The minimum absolute atomic E-state index is 0.456. The maximum absolute atomic E-state index is 6.17. The summed E-state index contributed by atoms with van der Waals surface area (Å²) in [6, 6.07) is 9.97. The molecule has 7 nitrogen and oxygen atoms in total. The topological polar surface area (TPSA) is 65.9 Å². The summed E-state index contributed by atoms with van der Waals surface area (Å²) in [5.41, 5.74) is 5.10. The summed E-state index contributed by atoms with van der Waals surface area (Å²) >= 11 is 0. The van der Waals surface area contributed by atoms with E-state index in [-0.39, 0.29) is 0 Å². The van der Waals surface area contributed by atoms with Crippen molar-refractivity contribution >= 4 is 17.0 Å². The van der Waals surface area contributed by atoms with E-state index >= 15 is 0 Å². The van der Waals surface area contributed by atoms with Crippen LogP contribution in [0.4, 0.5) is 0 Å². The second-order valence-electron chi connectivity index (χ2n) is 9.73. The van der Waals surface area contributed by atoms with Gasteiger partial charge in [0.15, 0.2) is 11.5 Å². The van der Waals surface area contributed by atoms with Gasteiger partial charge in [0.05, 0.1) is 37.8 Å². The number of benzene rings is 2. The van der Waals surface area contributed by atoms with Crippen molar-refractivity contribution in [2.75, 3.05) is 46.6 Å². The summed E-state index contributed by atoms with van der Waals surface area (Å²) in [5, 5.41) is 0.785. The molecule has 0 bridgehead atoms. The molecule has 0 N–H and O–H groups in total. The van der Waals surface area contributed by atoms with E-state index in [1.807, 2.05) is 18.2 Å². The zero-order chi connectivity index (χ0) is 23.1. The first-order valence-electron chi connectivity index (χ1n) is 11.8. The van der Waals surface area contributed by atoms with Gasteiger partial charge < -0.3 is 23.8 Å². The molecular formula is C27H29N3O4.